The lowest BCUT2D eigenvalue weighted by atomic mass is 9.95. The van der Waals surface area contributed by atoms with E-state index in [1.165, 1.54) is 23.7 Å². The molecule has 0 radical (unpaired) electrons. The summed E-state index contributed by atoms with van der Waals surface area (Å²) in [6.07, 6.45) is 3.08. The maximum atomic E-state index is 13.3. The van der Waals surface area contributed by atoms with Crippen LogP contribution in [0.1, 0.15) is 10.5 Å². The van der Waals surface area contributed by atoms with Crippen LogP contribution in [0.2, 0.25) is 0 Å². The van der Waals surface area contributed by atoms with Gasteiger partial charge < -0.3 is 5.11 Å². The fraction of sp³-hybridized carbons (Fsp3) is 0. The maximum absolute atomic E-state index is 13.3. The highest BCUT2D eigenvalue weighted by Crippen LogP contribution is 2.33. The Bertz CT molecular complexity index is 1740. The van der Waals surface area contributed by atoms with Crippen molar-refractivity contribution >= 4 is 27.5 Å². The van der Waals surface area contributed by atoms with E-state index in [-0.39, 0.29) is 5.69 Å². The highest BCUT2D eigenvalue weighted by Gasteiger charge is 2.15. The molecule has 6 rings (SSSR count). The van der Waals surface area contributed by atoms with Crippen LogP contribution >= 0.6 is 0 Å². The summed E-state index contributed by atoms with van der Waals surface area (Å²) in [5.41, 5.74) is 2.42. The van der Waals surface area contributed by atoms with E-state index in [0.717, 1.165) is 27.8 Å². The largest absolute Gasteiger partial charge is 0.476 e. The topological polar surface area (TPSA) is 63.1 Å². The second-order valence-electron chi connectivity index (χ2n) is 8.27. The van der Waals surface area contributed by atoms with Gasteiger partial charge in [-0.15, -0.1) is 0 Å². The van der Waals surface area contributed by atoms with Gasteiger partial charge in [0.15, 0.2) is 5.69 Å². The van der Waals surface area contributed by atoms with Crippen molar-refractivity contribution in [2.45, 2.75) is 0 Å². The van der Waals surface area contributed by atoms with E-state index in [9.17, 15) is 18.7 Å². The van der Waals surface area contributed by atoms with Crippen LogP contribution in [0, 0.1) is 11.6 Å². The molecule has 0 bridgehead atoms. The molecule has 1 N–H and O–H groups in total. The van der Waals surface area contributed by atoms with Gasteiger partial charge in [0.25, 0.3) is 0 Å². The van der Waals surface area contributed by atoms with Gasteiger partial charge in [0, 0.05) is 29.6 Å². The standard InChI is InChI=1S/C20H13NO2.C11H7F2N/c22-20(23)19-17(9-4-10-21-19)16-8-3-7-15-11-13-5-1-2-6-14(13)12-18(15)16;12-8-4-5-9(10(13)7-8)11-3-1-2-6-14-11/h1-12H,(H,22,23);1-7H. The van der Waals surface area contributed by atoms with Gasteiger partial charge in [0.05, 0.1) is 5.69 Å². The molecule has 6 heteroatoms. The first-order valence-electron chi connectivity index (χ1n) is 11.5. The van der Waals surface area contributed by atoms with Gasteiger partial charge in [0.2, 0.25) is 0 Å². The van der Waals surface area contributed by atoms with Crippen LogP contribution in [0.15, 0.2) is 116 Å². The predicted octanol–water partition coefficient (Wildman–Crippen LogP) is 7.78. The molecule has 0 saturated heterocycles. The minimum absolute atomic E-state index is 0.0770. The number of carboxylic acids is 1. The molecular formula is C31H20F2N2O2. The molecule has 0 spiro atoms. The summed E-state index contributed by atoms with van der Waals surface area (Å²) in [4.78, 5) is 19.5. The number of carboxylic acid groups (broad SMARTS) is 1. The summed E-state index contributed by atoms with van der Waals surface area (Å²) < 4.78 is 25.9. The van der Waals surface area contributed by atoms with Crippen LogP contribution in [0.4, 0.5) is 8.78 Å². The average Bonchev–Trinajstić information content (AvgIpc) is 2.92. The van der Waals surface area contributed by atoms with Crippen molar-refractivity contribution in [2.24, 2.45) is 0 Å². The summed E-state index contributed by atoms with van der Waals surface area (Å²) in [5, 5.41) is 13.8. The Morgan fingerprint density at radius 3 is 2.05 bits per heavy atom. The van der Waals surface area contributed by atoms with Crippen molar-refractivity contribution in [2.75, 3.05) is 0 Å². The van der Waals surface area contributed by atoms with Crippen molar-refractivity contribution in [3.63, 3.8) is 0 Å². The molecule has 0 aliphatic rings. The summed E-state index contributed by atoms with van der Waals surface area (Å²) in [6, 6.07) is 30.5. The fourth-order valence-electron chi connectivity index (χ4n) is 4.21. The molecule has 6 aromatic rings. The third-order valence-corrected chi connectivity index (χ3v) is 5.92. The SMILES string of the molecule is Fc1ccc(-c2ccccn2)c(F)c1.O=C(O)c1ncccc1-c1cccc2cc3ccccc3cc12. The second kappa shape index (κ2) is 10.3. The molecule has 0 saturated carbocycles. The van der Waals surface area contributed by atoms with Crippen LogP contribution in [-0.2, 0) is 0 Å². The van der Waals surface area contributed by atoms with E-state index in [0.29, 0.717) is 16.8 Å². The molecule has 0 unspecified atom stereocenters. The average molecular weight is 491 g/mol. The number of hydrogen-bond acceptors (Lipinski definition) is 3. The zero-order valence-electron chi connectivity index (χ0n) is 19.5. The highest BCUT2D eigenvalue weighted by atomic mass is 19.1. The molecule has 2 aromatic heterocycles. The number of rotatable bonds is 3. The Morgan fingerprint density at radius 2 is 1.32 bits per heavy atom. The van der Waals surface area contributed by atoms with Crippen LogP contribution in [0.25, 0.3) is 43.9 Å². The number of hydrogen-bond donors (Lipinski definition) is 1. The van der Waals surface area contributed by atoms with Crippen LogP contribution in [0.3, 0.4) is 0 Å². The van der Waals surface area contributed by atoms with E-state index >= 15 is 0 Å². The van der Waals surface area contributed by atoms with Crippen molar-refractivity contribution < 1.29 is 18.7 Å². The van der Waals surface area contributed by atoms with Crippen LogP contribution in [0.5, 0.6) is 0 Å². The lowest BCUT2D eigenvalue weighted by molar-refractivity contribution is 0.0691. The van der Waals surface area contributed by atoms with Crippen LogP contribution < -0.4 is 0 Å². The Hall–Kier alpha value is -4.97. The number of pyridine rings is 2. The monoisotopic (exact) mass is 490 g/mol. The first kappa shape index (κ1) is 23.8. The lowest BCUT2D eigenvalue weighted by Gasteiger charge is -2.10. The smallest absolute Gasteiger partial charge is 0.355 e. The number of halogens is 2. The normalized spacial score (nSPS) is 10.6. The molecular weight excluding hydrogens is 470 g/mol. The molecule has 0 fully saturated rings. The minimum atomic E-state index is -1.02. The van der Waals surface area contributed by atoms with Gasteiger partial charge in [0.1, 0.15) is 11.6 Å². The number of aromatic nitrogens is 2. The molecule has 4 aromatic carbocycles. The summed E-state index contributed by atoms with van der Waals surface area (Å²) in [5.74, 6) is -2.19. The van der Waals surface area contributed by atoms with Gasteiger partial charge >= 0.3 is 5.97 Å². The van der Waals surface area contributed by atoms with E-state index in [4.69, 9.17) is 0 Å². The van der Waals surface area contributed by atoms with Crippen molar-refractivity contribution in [3.05, 3.63) is 133 Å². The molecule has 37 heavy (non-hydrogen) atoms. The zero-order chi connectivity index (χ0) is 25.8. The van der Waals surface area contributed by atoms with E-state index in [1.54, 1.807) is 36.5 Å². The minimum Gasteiger partial charge on any atom is -0.476 e. The number of nitrogens with zero attached hydrogens (tertiary/aromatic N) is 2. The van der Waals surface area contributed by atoms with Crippen molar-refractivity contribution in [1.82, 2.24) is 9.97 Å². The Labute approximate surface area is 211 Å². The van der Waals surface area contributed by atoms with E-state index < -0.39 is 17.6 Å². The predicted molar refractivity (Wildman–Crippen MR) is 141 cm³/mol. The Balaban J connectivity index is 0.000000171. The molecule has 2 heterocycles. The molecule has 0 aliphatic heterocycles. The second-order valence-corrected chi connectivity index (χ2v) is 8.27. The molecule has 0 aliphatic carbocycles. The Morgan fingerprint density at radius 1 is 0.622 bits per heavy atom. The fourth-order valence-corrected chi connectivity index (χ4v) is 4.21. The van der Waals surface area contributed by atoms with Gasteiger partial charge in [-0.1, -0.05) is 54.6 Å². The molecule has 0 amide bonds. The number of carbonyl (C=O) groups is 1. The zero-order valence-corrected chi connectivity index (χ0v) is 19.5. The summed E-state index contributed by atoms with van der Waals surface area (Å²) in [6.45, 7) is 0. The molecule has 4 nitrogen and oxygen atoms in total. The number of aromatic carboxylic acids is 1. The lowest BCUT2D eigenvalue weighted by Crippen LogP contribution is -2.02. The molecule has 180 valence electrons. The van der Waals surface area contributed by atoms with Crippen LogP contribution in [-0.4, -0.2) is 21.0 Å². The summed E-state index contributed by atoms with van der Waals surface area (Å²) >= 11 is 0. The first-order valence-corrected chi connectivity index (χ1v) is 11.5. The highest BCUT2D eigenvalue weighted by molar-refractivity contribution is 6.07. The van der Waals surface area contributed by atoms with Gasteiger partial charge in [-0.2, -0.15) is 0 Å². The number of fused-ring (bicyclic) bond motifs is 2. The number of benzene rings is 4. The quantitative estimate of drug-likeness (QED) is 0.257. The van der Waals surface area contributed by atoms with Crippen molar-refractivity contribution in [3.8, 4) is 22.4 Å². The summed E-state index contributed by atoms with van der Waals surface area (Å²) in [7, 11) is 0. The molecule has 0 atom stereocenters. The third-order valence-electron chi connectivity index (χ3n) is 5.92. The van der Waals surface area contributed by atoms with E-state index in [1.807, 2.05) is 30.3 Å². The van der Waals surface area contributed by atoms with Gasteiger partial charge in [-0.25, -0.2) is 18.6 Å². The first-order chi connectivity index (χ1) is 18.0. The Kier molecular flexibility index (Phi) is 6.64. The maximum Gasteiger partial charge on any atom is 0.355 e. The van der Waals surface area contributed by atoms with Crippen molar-refractivity contribution in [1.29, 1.82) is 0 Å². The van der Waals surface area contributed by atoms with Gasteiger partial charge in [-0.05, 0) is 69.6 Å². The third kappa shape index (κ3) is 5.04. The van der Waals surface area contributed by atoms with Gasteiger partial charge in [-0.3, -0.25) is 4.98 Å². The van der Waals surface area contributed by atoms with E-state index in [2.05, 4.69) is 34.2 Å².